The third kappa shape index (κ3) is 7.95. The van der Waals surface area contributed by atoms with Gasteiger partial charge in [0.2, 0.25) is 0 Å². The zero-order chi connectivity index (χ0) is 21.8. The summed E-state index contributed by atoms with van der Waals surface area (Å²) in [6, 6.07) is 7.92. The number of amides is 1. The third-order valence-corrected chi connectivity index (χ3v) is 5.46. The standard InChI is InChI=1S/C23H38N4O3/c1-5-18(2)26-22(28)20-9-7-19(8-10-20)17-25-23(24-3)27-13-11-21(12-14-27)30-16-6-15-29-4/h7-10,18,21H,5-6,11-17H2,1-4H3,(H,24,25)(H,26,28). The predicted octanol–water partition coefficient (Wildman–Crippen LogP) is 2.81. The first-order valence-electron chi connectivity index (χ1n) is 11.0. The minimum atomic E-state index is -0.0213. The summed E-state index contributed by atoms with van der Waals surface area (Å²) in [6.07, 6.45) is 4.20. The van der Waals surface area contributed by atoms with Crippen molar-refractivity contribution in [1.82, 2.24) is 15.5 Å². The molecule has 1 fully saturated rings. The van der Waals surface area contributed by atoms with Crippen molar-refractivity contribution < 1.29 is 14.3 Å². The second-order valence-corrected chi connectivity index (χ2v) is 7.78. The molecule has 2 rings (SSSR count). The molecule has 1 aliphatic heterocycles. The van der Waals surface area contributed by atoms with Crippen LogP contribution in [0.1, 0.15) is 55.5 Å². The largest absolute Gasteiger partial charge is 0.385 e. The first-order chi connectivity index (χ1) is 14.6. The first kappa shape index (κ1) is 24.2. The van der Waals surface area contributed by atoms with Gasteiger partial charge in [-0.2, -0.15) is 0 Å². The summed E-state index contributed by atoms with van der Waals surface area (Å²) in [5, 5.41) is 6.43. The Morgan fingerprint density at radius 3 is 2.53 bits per heavy atom. The van der Waals surface area contributed by atoms with E-state index in [-0.39, 0.29) is 11.9 Å². The molecule has 0 aliphatic carbocycles. The van der Waals surface area contributed by atoms with Gasteiger partial charge in [-0.1, -0.05) is 19.1 Å². The maximum absolute atomic E-state index is 12.2. The molecule has 168 valence electrons. The maximum Gasteiger partial charge on any atom is 0.251 e. The van der Waals surface area contributed by atoms with Crippen LogP contribution in [-0.4, -0.2) is 69.4 Å². The molecule has 1 aromatic rings. The van der Waals surface area contributed by atoms with Gasteiger partial charge in [0.15, 0.2) is 5.96 Å². The van der Waals surface area contributed by atoms with Crippen LogP contribution in [0.4, 0.5) is 0 Å². The number of nitrogens with zero attached hydrogens (tertiary/aromatic N) is 2. The van der Waals surface area contributed by atoms with Crippen molar-refractivity contribution in [2.75, 3.05) is 40.5 Å². The average Bonchev–Trinajstić information content (AvgIpc) is 2.78. The molecule has 30 heavy (non-hydrogen) atoms. The van der Waals surface area contributed by atoms with E-state index in [9.17, 15) is 4.79 Å². The van der Waals surface area contributed by atoms with Gasteiger partial charge >= 0.3 is 0 Å². The molecular formula is C23H38N4O3. The Bertz CT molecular complexity index is 655. The van der Waals surface area contributed by atoms with E-state index in [1.165, 1.54) is 0 Å². The van der Waals surface area contributed by atoms with Crippen LogP contribution in [-0.2, 0) is 16.0 Å². The molecule has 1 aromatic carbocycles. The van der Waals surface area contributed by atoms with Gasteiger partial charge in [0, 0.05) is 58.6 Å². The summed E-state index contributed by atoms with van der Waals surface area (Å²) in [5.74, 6) is 0.887. The van der Waals surface area contributed by atoms with E-state index < -0.39 is 0 Å². The van der Waals surface area contributed by atoms with Crippen molar-refractivity contribution in [3.05, 3.63) is 35.4 Å². The van der Waals surface area contributed by atoms with Crippen molar-refractivity contribution in [2.45, 2.75) is 58.2 Å². The Kier molecular flexibility index (Phi) is 10.7. The van der Waals surface area contributed by atoms with Gasteiger partial charge in [-0.3, -0.25) is 9.79 Å². The summed E-state index contributed by atoms with van der Waals surface area (Å²) in [7, 11) is 3.54. The first-order valence-corrected chi connectivity index (χ1v) is 11.0. The monoisotopic (exact) mass is 418 g/mol. The highest BCUT2D eigenvalue weighted by molar-refractivity contribution is 5.94. The summed E-state index contributed by atoms with van der Waals surface area (Å²) >= 11 is 0. The third-order valence-electron chi connectivity index (χ3n) is 5.46. The molecule has 1 unspecified atom stereocenters. The molecule has 1 heterocycles. The molecule has 1 amide bonds. The number of hydrogen-bond acceptors (Lipinski definition) is 4. The van der Waals surface area contributed by atoms with E-state index in [2.05, 4.69) is 27.4 Å². The molecule has 0 radical (unpaired) electrons. The summed E-state index contributed by atoms with van der Waals surface area (Å²) < 4.78 is 11.0. The highest BCUT2D eigenvalue weighted by Crippen LogP contribution is 2.14. The van der Waals surface area contributed by atoms with Crippen LogP contribution in [0.25, 0.3) is 0 Å². The van der Waals surface area contributed by atoms with Crippen molar-refractivity contribution in [3.8, 4) is 0 Å². The number of benzene rings is 1. The number of rotatable bonds is 10. The minimum Gasteiger partial charge on any atom is -0.385 e. The van der Waals surface area contributed by atoms with Gasteiger partial charge < -0.3 is 25.0 Å². The Morgan fingerprint density at radius 1 is 1.23 bits per heavy atom. The van der Waals surface area contributed by atoms with E-state index >= 15 is 0 Å². The lowest BCUT2D eigenvalue weighted by atomic mass is 10.1. The summed E-state index contributed by atoms with van der Waals surface area (Å²) in [5.41, 5.74) is 1.81. The lowest BCUT2D eigenvalue weighted by molar-refractivity contribution is 0.00989. The SMILES string of the molecule is CCC(C)NC(=O)c1ccc(CNC(=NC)N2CCC(OCCCOC)CC2)cc1. The molecule has 7 nitrogen and oxygen atoms in total. The smallest absolute Gasteiger partial charge is 0.251 e. The van der Waals surface area contributed by atoms with Crippen LogP contribution in [0.3, 0.4) is 0 Å². The highest BCUT2D eigenvalue weighted by Gasteiger charge is 2.21. The van der Waals surface area contributed by atoms with Crippen molar-refractivity contribution in [1.29, 1.82) is 0 Å². The topological polar surface area (TPSA) is 75.2 Å². The molecule has 7 heteroatoms. The number of guanidine groups is 1. The van der Waals surface area contributed by atoms with Gasteiger partial charge in [-0.25, -0.2) is 0 Å². The number of carbonyl (C=O) groups excluding carboxylic acids is 1. The molecule has 1 saturated heterocycles. The lowest BCUT2D eigenvalue weighted by Gasteiger charge is -2.34. The van der Waals surface area contributed by atoms with Gasteiger partial charge in [-0.15, -0.1) is 0 Å². The fourth-order valence-electron chi connectivity index (χ4n) is 3.38. The Morgan fingerprint density at radius 2 is 1.93 bits per heavy atom. The number of hydrogen-bond donors (Lipinski definition) is 2. The van der Waals surface area contributed by atoms with Crippen molar-refractivity contribution in [2.24, 2.45) is 4.99 Å². The van der Waals surface area contributed by atoms with Gasteiger partial charge in [0.1, 0.15) is 0 Å². The molecule has 0 saturated carbocycles. The van der Waals surface area contributed by atoms with Crippen LogP contribution in [0.15, 0.2) is 29.3 Å². The van der Waals surface area contributed by atoms with E-state index in [1.807, 2.05) is 38.2 Å². The molecular weight excluding hydrogens is 380 g/mol. The molecule has 2 N–H and O–H groups in total. The lowest BCUT2D eigenvalue weighted by Crippen LogP contribution is -2.46. The number of nitrogens with one attached hydrogen (secondary N) is 2. The quantitative estimate of drug-likeness (QED) is 0.347. The fraction of sp³-hybridized carbons (Fsp3) is 0.652. The van der Waals surface area contributed by atoms with Gasteiger partial charge in [0.25, 0.3) is 5.91 Å². The highest BCUT2D eigenvalue weighted by atomic mass is 16.5. The van der Waals surface area contributed by atoms with Crippen LogP contribution in [0, 0.1) is 0 Å². The Balaban J connectivity index is 1.76. The molecule has 0 aromatic heterocycles. The van der Waals surface area contributed by atoms with E-state index in [0.29, 0.717) is 18.2 Å². The number of methoxy groups -OCH3 is 1. The number of likely N-dealkylation sites (tertiary alicyclic amines) is 1. The number of piperidine rings is 1. The average molecular weight is 419 g/mol. The van der Waals surface area contributed by atoms with Crippen molar-refractivity contribution >= 4 is 11.9 Å². The Hall–Kier alpha value is -2.12. The van der Waals surface area contributed by atoms with Crippen molar-refractivity contribution in [3.63, 3.8) is 0 Å². The maximum atomic E-state index is 12.2. The second-order valence-electron chi connectivity index (χ2n) is 7.78. The van der Waals surface area contributed by atoms with E-state index in [1.54, 1.807) is 7.11 Å². The summed E-state index contributed by atoms with van der Waals surface area (Å²) in [6.45, 7) is 8.12. The zero-order valence-electron chi connectivity index (χ0n) is 18.9. The molecule has 1 atom stereocenters. The summed E-state index contributed by atoms with van der Waals surface area (Å²) in [4.78, 5) is 18.9. The van der Waals surface area contributed by atoms with Crippen LogP contribution in [0.2, 0.25) is 0 Å². The predicted molar refractivity (Wildman–Crippen MR) is 121 cm³/mol. The molecule has 0 spiro atoms. The normalized spacial score (nSPS) is 16.4. The van der Waals surface area contributed by atoms with Gasteiger partial charge in [-0.05, 0) is 50.3 Å². The number of aliphatic imine (C=N–C) groups is 1. The number of carbonyl (C=O) groups is 1. The van der Waals surface area contributed by atoms with Gasteiger partial charge in [0.05, 0.1) is 6.10 Å². The van der Waals surface area contributed by atoms with Crippen LogP contribution < -0.4 is 10.6 Å². The zero-order valence-corrected chi connectivity index (χ0v) is 18.9. The molecule has 1 aliphatic rings. The van der Waals surface area contributed by atoms with Crippen LogP contribution >= 0.6 is 0 Å². The minimum absolute atomic E-state index is 0.0213. The van der Waals surface area contributed by atoms with E-state index in [4.69, 9.17) is 9.47 Å². The fourth-order valence-corrected chi connectivity index (χ4v) is 3.38. The molecule has 0 bridgehead atoms. The Labute approximate surface area is 181 Å². The van der Waals surface area contributed by atoms with Crippen LogP contribution in [0.5, 0.6) is 0 Å². The number of ether oxygens (including phenoxy) is 2. The second kappa shape index (κ2) is 13.2. The van der Waals surface area contributed by atoms with E-state index in [0.717, 1.165) is 63.5 Å².